The first-order valence-corrected chi connectivity index (χ1v) is 7.88. The van der Waals surface area contributed by atoms with Crippen LogP contribution in [0.5, 0.6) is 5.75 Å². The van der Waals surface area contributed by atoms with Crippen LogP contribution in [0.3, 0.4) is 0 Å². The van der Waals surface area contributed by atoms with Crippen molar-refractivity contribution >= 4 is 5.97 Å². The monoisotopic (exact) mass is 328 g/mol. The van der Waals surface area contributed by atoms with Crippen molar-refractivity contribution in [3.05, 3.63) is 59.9 Å². The molecular weight excluding hydrogens is 308 g/mol. The molecule has 24 heavy (non-hydrogen) atoms. The molecule has 0 bridgehead atoms. The number of hydrogen-bond acceptors (Lipinski definition) is 5. The summed E-state index contributed by atoms with van der Waals surface area (Å²) in [5, 5.41) is 9.30. The van der Waals surface area contributed by atoms with Crippen LogP contribution in [0.25, 0.3) is 0 Å². The van der Waals surface area contributed by atoms with Gasteiger partial charge in [-0.2, -0.15) is 0 Å². The van der Waals surface area contributed by atoms with E-state index in [1.165, 1.54) is 0 Å². The molecule has 2 aromatic rings. The molecule has 1 aliphatic rings. The molecule has 0 radical (unpaired) electrons. The summed E-state index contributed by atoms with van der Waals surface area (Å²) >= 11 is 0. The van der Waals surface area contributed by atoms with Crippen LogP contribution < -0.4 is 4.74 Å². The Hall–Kier alpha value is -2.44. The van der Waals surface area contributed by atoms with Crippen LogP contribution in [0.15, 0.2) is 48.7 Å². The Morgan fingerprint density at radius 2 is 2.25 bits per heavy atom. The summed E-state index contributed by atoms with van der Waals surface area (Å²) in [6, 6.07) is 12.8. The van der Waals surface area contributed by atoms with Gasteiger partial charge in [0.2, 0.25) is 0 Å². The smallest absolute Gasteiger partial charge is 0.323 e. The highest BCUT2D eigenvalue weighted by atomic mass is 16.5. The Morgan fingerprint density at radius 1 is 1.33 bits per heavy atom. The van der Waals surface area contributed by atoms with Crippen molar-refractivity contribution in [2.75, 3.05) is 19.8 Å². The van der Waals surface area contributed by atoms with E-state index in [1.807, 2.05) is 47.4 Å². The normalized spacial score (nSPS) is 18.2. The van der Waals surface area contributed by atoms with E-state index >= 15 is 0 Å². The first kappa shape index (κ1) is 16.4. The van der Waals surface area contributed by atoms with Gasteiger partial charge in [0.25, 0.3) is 0 Å². The molecule has 1 aromatic heterocycles. The lowest BCUT2D eigenvalue weighted by Crippen LogP contribution is -2.49. The van der Waals surface area contributed by atoms with Crippen LogP contribution in [0.4, 0.5) is 0 Å². The van der Waals surface area contributed by atoms with Crippen molar-refractivity contribution in [2.24, 2.45) is 0 Å². The lowest BCUT2D eigenvalue weighted by Gasteiger charge is -2.32. The number of nitrogens with zero attached hydrogens (tertiary/aromatic N) is 2. The quantitative estimate of drug-likeness (QED) is 0.874. The summed E-state index contributed by atoms with van der Waals surface area (Å²) in [5.41, 5.74) is 1.88. The lowest BCUT2D eigenvalue weighted by molar-refractivity contribution is -0.150. The first-order valence-electron chi connectivity index (χ1n) is 7.88. The summed E-state index contributed by atoms with van der Waals surface area (Å²) in [5.74, 6) is -0.101. The minimum atomic E-state index is -0.850. The average Bonchev–Trinajstić information content (AvgIpc) is 2.61. The molecule has 6 heteroatoms. The average molecular weight is 328 g/mol. The molecule has 3 rings (SSSR count). The van der Waals surface area contributed by atoms with Crippen molar-refractivity contribution in [1.29, 1.82) is 0 Å². The van der Waals surface area contributed by atoms with E-state index in [0.717, 1.165) is 17.0 Å². The predicted molar refractivity (Wildman–Crippen MR) is 87.7 cm³/mol. The van der Waals surface area contributed by atoms with Gasteiger partial charge in [-0.05, 0) is 29.8 Å². The Labute approximate surface area is 140 Å². The molecular formula is C18H20N2O4. The van der Waals surface area contributed by atoms with Gasteiger partial charge in [-0.15, -0.1) is 0 Å². The SMILES string of the molecule is O=C(O)[C@H]1COCCN1Cc1cccc(OCc2ccccn2)c1. The maximum Gasteiger partial charge on any atom is 0.323 e. The van der Waals surface area contributed by atoms with Crippen LogP contribution in [-0.4, -0.2) is 46.8 Å². The maximum atomic E-state index is 11.3. The standard InChI is InChI=1S/C18H20N2O4/c21-18(22)17-13-23-9-8-20(17)11-14-4-3-6-16(10-14)24-12-15-5-1-2-7-19-15/h1-7,10,17H,8-9,11-13H2,(H,21,22)/t17-/m1/s1. The number of benzene rings is 1. The third-order valence-corrected chi connectivity index (χ3v) is 3.92. The number of ether oxygens (including phenoxy) is 2. The summed E-state index contributed by atoms with van der Waals surface area (Å²) in [4.78, 5) is 17.5. The highest BCUT2D eigenvalue weighted by Gasteiger charge is 2.29. The van der Waals surface area contributed by atoms with E-state index in [0.29, 0.717) is 26.3 Å². The zero-order valence-corrected chi connectivity index (χ0v) is 13.3. The Bertz CT molecular complexity index is 678. The van der Waals surface area contributed by atoms with Gasteiger partial charge >= 0.3 is 5.97 Å². The number of aliphatic carboxylic acids is 1. The molecule has 0 spiro atoms. The van der Waals surface area contributed by atoms with Crippen LogP contribution in [0.1, 0.15) is 11.3 Å². The van der Waals surface area contributed by atoms with Gasteiger partial charge in [0.15, 0.2) is 0 Å². The number of carbonyl (C=O) groups is 1. The van der Waals surface area contributed by atoms with Crippen LogP contribution in [-0.2, 0) is 22.7 Å². The predicted octanol–water partition coefficient (Wildman–Crippen LogP) is 1.95. The van der Waals surface area contributed by atoms with Crippen molar-refractivity contribution in [2.45, 2.75) is 19.2 Å². The molecule has 0 aliphatic carbocycles. The van der Waals surface area contributed by atoms with E-state index in [4.69, 9.17) is 9.47 Å². The number of carboxylic acid groups (broad SMARTS) is 1. The molecule has 0 amide bonds. The fraction of sp³-hybridized carbons (Fsp3) is 0.333. The molecule has 2 heterocycles. The van der Waals surface area contributed by atoms with E-state index in [2.05, 4.69) is 4.98 Å². The molecule has 126 valence electrons. The first-order chi connectivity index (χ1) is 11.7. The van der Waals surface area contributed by atoms with E-state index < -0.39 is 12.0 Å². The third kappa shape index (κ3) is 4.31. The fourth-order valence-electron chi connectivity index (χ4n) is 2.66. The second kappa shape index (κ2) is 7.90. The van der Waals surface area contributed by atoms with Gasteiger partial charge in [0, 0.05) is 19.3 Å². The lowest BCUT2D eigenvalue weighted by atomic mass is 10.1. The van der Waals surface area contributed by atoms with E-state index in [-0.39, 0.29) is 6.61 Å². The number of aromatic nitrogens is 1. The number of rotatable bonds is 6. The summed E-state index contributed by atoms with van der Waals surface area (Å²) in [7, 11) is 0. The summed E-state index contributed by atoms with van der Waals surface area (Å²) in [6.45, 7) is 2.35. The largest absolute Gasteiger partial charge is 0.487 e. The molecule has 1 fully saturated rings. The minimum Gasteiger partial charge on any atom is -0.487 e. The number of carboxylic acids is 1. The fourth-order valence-corrected chi connectivity index (χ4v) is 2.66. The van der Waals surface area contributed by atoms with Gasteiger partial charge in [0.05, 0.1) is 18.9 Å². The molecule has 0 unspecified atom stereocenters. The van der Waals surface area contributed by atoms with Crippen LogP contribution in [0.2, 0.25) is 0 Å². The van der Waals surface area contributed by atoms with Gasteiger partial charge in [-0.1, -0.05) is 18.2 Å². The second-order valence-corrected chi connectivity index (χ2v) is 5.66. The molecule has 1 N–H and O–H groups in total. The maximum absolute atomic E-state index is 11.3. The molecule has 1 aromatic carbocycles. The highest BCUT2D eigenvalue weighted by molar-refractivity contribution is 5.73. The van der Waals surface area contributed by atoms with E-state index in [1.54, 1.807) is 6.20 Å². The van der Waals surface area contributed by atoms with Crippen LogP contribution in [0, 0.1) is 0 Å². The molecule has 1 atom stereocenters. The van der Waals surface area contributed by atoms with E-state index in [9.17, 15) is 9.90 Å². The van der Waals surface area contributed by atoms with Gasteiger partial charge in [-0.3, -0.25) is 14.7 Å². The van der Waals surface area contributed by atoms with Gasteiger partial charge in [0.1, 0.15) is 18.4 Å². The number of morpholine rings is 1. The van der Waals surface area contributed by atoms with Crippen molar-refractivity contribution < 1.29 is 19.4 Å². The zero-order valence-electron chi connectivity index (χ0n) is 13.3. The minimum absolute atomic E-state index is 0.227. The van der Waals surface area contributed by atoms with Gasteiger partial charge < -0.3 is 14.6 Å². The molecule has 0 saturated carbocycles. The van der Waals surface area contributed by atoms with Crippen molar-refractivity contribution in [3.63, 3.8) is 0 Å². The molecule has 1 aliphatic heterocycles. The third-order valence-electron chi connectivity index (χ3n) is 3.92. The van der Waals surface area contributed by atoms with Crippen LogP contribution >= 0.6 is 0 Å². The van der Waals surface area contributed by atoms with Crippen molar-refractivity contribution in [3.8, 4) is 5.75 Å². The number of pyridine rings is 1. The van der Waals surface area contributed by atoms with Crippen molar-refractivity contribution in [1.82, 2.24) is 9.88 Å². The highest BCUT2D eigenvalue weighted by Crippen LogP contribution is 2.18. The Kier molecular flexibility index (Phi) is 5.40. The topological polar surface area (TPSA) is 71.9 Å². The second-order valence-electron chi connectivity index (χ2n) is 5.66. The van der Waals surface area contributed by atoms with Gasteiger partial charge in [-0.25, -0.2) is 0 Å². The Morgan fingerprint density at radius 3 is 3.04 bits per heavy atom. The summed E-state index contributed by atoms with van der Waals surface area (Å²) < 4.78 is 11.0. The zero-order chi connectivity index (χ0) is 16.8. The molecule has 1 saturated heterocycles. The summed E-state index contributed by atoms with van der Waals surface area (Å²) in [6.07, 6.45) is 1.74. The molecule has 6 nitrogen and oxygen atoms in total. The number of hydrogen-bond donors (Lipinski definition) is 1. The Balaban J connectivity index is 1.63.